The Kier molecular flexibility index (Phi) is 1.58. The second-order valence-electron chi connectivity index (χ2n) is 3.58. The zero-order chi connectivity index (χ0) is 19.7. The normalized spacial score (nSPS) is 46.4. The molecule has 0 radical (unpaired) electrons. The number of hydrogen-bond donors (Lipinski definition) is 2. The van der Waals surface area contributed by atoms with Gasteiger partial charge in [0.1, 0.15) is 6.08 Å². The fourth-order valence-corrected chi connectivity index (χ4v) is 1.52. The van der Waals surface area contributed by atoms with Crippen molar-refractivity contribution in [1.29, 1.82) is 0 Å². The summed E-state index contributed by atoms with van der Waals surface area (Å²) >= 11 is 0. The van der Waals surface area contributed by atoms with E-state index in [-0.39, 0.29) is 4.73 Å². The minimum atomic E-state index is -3.10. The standard InChI is InChI=1S/C11H13NO7/c13-8-1-2-9(14)12(8)19-11(15)18-7-5-17-10-6(7)3-4-16-10/h1-2,6-7,10,13-14H,3-5H2/t6-,7+,10+/m0/s1/i3D2,4D2,5D2,7D. The zero-order valence-corrected chi connectivity index (χ0v) is 9.19. The summed E-state index contributed by atoms with van der Waals surface area (Å²) in [7, 11) is 0. The lowest BCUT2D eigenvalue weighted by atomic mass is 10.0. The van der Waals surface area contributed by atoms with Gasteiger partial charge in [0.2, 0.25) is 11.8 Å². The van der Waals surface area contributed by atoms with Crippen LogP contribution in [0.1, 0.15) is 16.0 Å². The van der Waals surface area contributed by atoms with Gasteiger partial charge < -0.3 is 24.4 Å². The molecule has 3 rings (SSSR count). The molecule has 0 spiro atoms. The highest BCUT2D eigenvalue weighted by molar-refractivity contribution is 5.61. The smallest absolute Gasteiger partial charge is 0.492 e. The summed E-state index contributed by atoms with van der Waals surface area (Å²) in [4.78, 5) is 16.4. The molecule has 0 aliphatic carbocycles. The average molecular weight is 278 g/mol. The first kappa shape index (κ1) is 6.49. The molecule has 8 heteroatoms. The van der Waals surface area contributed by atoms with E-state index in [9.17, 15) is 15.0 Å². The van der Waals surface area contributed by atoms with Gasteiger partial charge in [-0.3, -0.25) is 4.84 Å². The largest absolute Gasteiger partial charge is 0.534 e. The Morgan fingerprint density at radius 2 is 2.21 bits per heavy atom. The van der Waals surface area contributed by atoms with Gasteiger partial charge in [0.15, 0.2) is 6.29 Å². The van der Waals surface area contributed by atoms with Crippen LogP contribution in [0.5, 0.6) is 11.8 Å². The highest BCUT2D eigenvalue weighted by Gasteiger charge is 2.44. The van der Waals surface area contributed by atoms with Crippen LogP contribution in [0.2, 0.25) is 0 Å². The highest BCUT2D eigenvalue weighted by atomic mass is 16.8. The Morgan fingerprint density at radius 1 is 1.47 bits per heavy atom. The third-order valence-corrected chi connectivity index (χ3v) is 2.38. The molecule has 0 saturated carbocycles. The molecule has 8 nitrogen and oxygen atoms in total. The van der Waals surface area contributed by atoms with Gasteiger partial charge in [0, 0.05) is 14.9 Å². The number of carbonyl (C=O) groups excluding carboxylic acids is 1. The van der Waals surface area contributed by atoms with Gasteiger partial charge in [-0.2, -0.15) is 0 Å². The molecule has 0 unspecified atom stereocenters. The number of aromatic nitrogens is 1. The monoisotopic (exact) mass is 278 g/mol. The first-order chi connectivity index (χ1) is 11.7. The fraction of sp³-hybridized carbons (Fsp3) is 0.545. The first-order valence-electron chi connectivity index (χ1n) is 8.59. The van der Waals surface area contributed by atoms with Crippen molar-refractivity contribution in [2.75, 3.05) is 13.1 Å². The van der Waals surface area contributed by atoms with Crippen molar-refractivity contribution in [2.24, 2.45) is 5.92 Å². The summed E-state index contributed by atoms with van der Waals surface area (Å²) in [5, 5.41) is 18.8. The van der Waals surface area contributed by atoms with Crippen molar-refractivity contribution in [3.63, 3.8) is 0 Å². The van der Waals surface area contributed by atoms with Crippen LogP contribution in [-0.2, 0) is 14.2 Å². The van der Waals surface area contributed by atoms with Gasteiger partial charge in [-0.1, -0.05) is 0 Å². The van der Waals surface area contributed by atoms with E-state index in [1.165, 1.54) is 0 Å². The predicted molar refractivity (Wildman–Crippen MR) is 58.4 cm³/mol. The van der Waals surface area contributed by atoms with E-state index in [0.29, 0.717) is 0 Å². The molecule has 2 N–H and O–H groups in total. The van der Waals surface area contributed by atoms with Crippen molar-refractivity contribution in [2.45, 2.75) is 18.7 Å². The lowest BCUT2D eigenvalue weighted by Crippen LogP contribution is -2.30. The minimum Gasteiger partial charge on any atom is -0.492 e. The van der Waals surface area contributed by atoms with Gasteiger partial charge in [-0.15, -0.1) is 4.73 Å². The van der Waals surface area contributed by atoms with Crippen LogP contribution < -0.4 is 4.84 Å². The van der Waals surface area contributed by atoms with E-state index in [1.807, 2.05) is 0 Å². The lowest BCUT2D eigenvalue weighted by molar-refractivity contribution is -0.0908. The number of rotatable bonds is 2. The third kappa shape index (κ3) is 2.20. The van der Waals surface area contributed by atoms with Crippen LogP contribution in [0.3, 0.4) is 0 Å². The topological polar surface area (TPSA) is 99.4 Å². The zero-order valence-electron chi connectivity index (χ0n) is 16.2. The molecule has 2 fully saturated rings. The van der Waals surface area contributed by atoms with Gasteiger partial charge in [0.25, 0.3) is 0 Å². The Balaban J connectivity index is 1.90. The number of fused-ring (bicyclic) bond motifs is 1. The van der Waals surface area contributed by atoms with Gasteiger partial charge in [-0.25, -0.2) is 4.79 Å². The van der Waals surface area contributed by atoms with Crippen LogP contribution in [0.4, 0.5) is 4.79 Å². The quantitative estimate of drug-likeness (QED) is 0.747. The van der Waals surface area contributed by atoms with Gasteiger partial charge in [0.05, 0.1) is 25.9 Å². The maximum Gasteiger partial charge on any atom is 0.534 e. The Hall–Kier alpha value is -1.93. The maximum atomic E-state index is 11.9. The SMILES string of the molecule is [2H]C1([2H])O[C@@H]2OC([2H])([2H])[C@@]([2H])(OC(=O)On3c(O)ccc3O)[C@@H]2C1([2H])[2H]. The van der Waals surface area contributed by atoms with E-state index in [1.54, 1.807) is 0 Å². The molecular formula is C11H13NO7. The summed E-state index contributed by atoms with van der Waals surface area (Å²) in [6.45, 7) is -6.01. The van der Waals surface area contributed by atoms with Crippen LogP contribution >= 0.6 is 0 Å². The van der Waals surface area contributed by atoms with Crippen LogP contribution in [0.25, 0.3) is 0 Å². The Bertz CT molecular complexity index is 734. The molecule has 2 aliphatic heterocycles. The van der Waals surface area contributed by atoms with Gasteiger partial charge >= 0.3 is 6.16 Å². The summed E-state index contributed by atoms with van der Waals surface area (Å²) in [6, 6.07) is 1.93. The molecule has 0 aromatic carbocycles. The van der Waals surface area contributed by atoms with Crippen molar-refractivity contribution >= 4 is 6.16 Å². The van der Waals surface area contributed by atoms with E-state index in [4.69, 9.17) is 19.1 Å². The van der Waals surface area contributed by atoms with E-state index in [2.05, 4.69) is 9.57 Å². The summed E-state index contributed by atoms with van der Waals surface area (Å²) in [5.41, 5.74) is 0. The van der Waals surface area contributed by atoms with Crippen molar-refractivity contribution in [3.05, 3.63) is 12.1 Å². The lowest BCUT2D eigenvalue weighted by Gasteiger charge is -2.15. The Morgan fingerprint density at radius 3 is 2.95 bits per heavy atom. The first-order valence-corrected chi connectivity index (χ1v) is 5.09. The minimum absolute atomic E-state index is 0.216. The molecule has 3 heterocycles. The molecule has 2 aliphatic rings. The van der Waals surface area contributed by atoms with E-state index < -0.39 is 55.7 Å². The second-order valence-corrected chi connectivity index (χ2v) is 3.58. The van der Waals surface area contributed by atoms with Crippen molar-refractivity contribution < 1.29 is 43.7 Å². The molecule has 0 amide bonds. The molecule has 1 aromatic heterocycles. The highest BCUT2D eigenvalue weighted by Crippen LogP contribution is 2.33. The summed E-state index contributed by atoms with van der Waals surface area (Å²) in [6.07, 6.45) is -9.67. The molecule has 3 atom stereocenters. The summed E-state index contributed by atoms with van der Waals surface area (Å²) < 4.78 is 68.6. The van der Waals surface area contributed by atoms with Crippen LogP contribution in [-0.4, -0.2) is 46.6 Å². The molecule has 19 heavy (non-hydrogen) atoms. The third-order valence-electron chi connectivity index (χ3n) is 2.38. The summed E-state index contributed by atoms with van der Waals surface area (Å²) in [5.74, 6) is -3.42. The number of carbonyl (C=O) groups is 1. The van der Waals surface area contributed by atoms with Crippen molar-refractivity contribution in [1.82, 2.24) is 4.73 Å². The molecule has 0 bridgehead atoms. The van der Waals surface area contributed by atoms with E-state index in [0.717, 1.165) is 12.1 Å². The molecule has 1 aromatic rings. The molecular weight excluding hydrogens is 258 g/mol. The number of aromatic hydroxyl groups is 2. The predicted octanol–water partition coefficient (Wildman–Crippen LogP) is 0.226. The fourth-order valence-electron chi connectivity index (χ4n) is 1.52. The van der Waals surface area contributed by atoms with Gasteiger partial charge in [-0.05, 0) is 6.37 Å². The molecule has 104 valence electrons. The number of nitrogens with zero attached hydrogens (tertiary/aromatic N) is 1. The second kappa shape index (κ2) is 4.63. The average Bonchev–Trinajstić information content (AvgIpc) is 2.93. The number of hydrogen-bond acceptors (Lipinski definition) is 7. The maximum absolute atomic E-state index is 11.9. The van der Waals surface area contributed by atoms with Crippen LogP contribution in [0.15, 0.2) is 12.1 Å². The van der Waals surface area contributed by atoms with E-state index >= 15 is 0 Å². The molecule has 2 saturated heterocycles. The number of ether oxygens (including phenoxy) is 3. The Labute approximate surface area is 117 Å². The van der Waals surface area contributed by atoms with Crippen molar-refractivity contribution in [3.8, 4) is 11.8 Å². The van der Waals surface area contributed by atoms with Crippen LogP contribution in [0, 0.1) is 5.92 Å².